The highest BCUT2D eigenvalue weighted by Gasteiger charge is 2.68. The number of hydrogen-bond acceptors (Lipinski definition) is 5. The third kappa shape index (κ3) is 4.38. The fourth-order valence-corrected chi connectivity index (χ4v) is 0.961. The second kappa shape index (κ2) is 6.23. The lowest BCUT2D eigenvalue weighted by Gasteiger charge is -2.27. The third-order valence-corrected chi connectivity index (χ3v) is 1.89. The van der Waals surface area contributed by atoms with E-state index in [1.54, 1.807) is 13.8 Å². The molecule has 0 aliphatic carbocycles. The minimum atomic E-state index is -5.52. The standard InChI is InChI=1S/C11H17F3O5/c1-6(2)5-18-8(15)10(17,11(12,13)14)9(16)19-7(3)4/h6-7,17H,5H2,1-4H3. The zero-order valence-electron chi connectivity index (χ0n) is 11.1. The molecule has 112 valence electrons. The number of halogens is 3. The van der Waals surface area contributed by atoms with Gasteiger partial charge in [-0.25, -0.2) is 9.59 Å². The molecule has 0 aliphatic heterocycles. The van der Waals surface area contributed by atoms with Gasteiger partial charge in [-0.1, -0.05) is 13.8 Å². The van der Waals surface area contributed by atoms with Gasteiger partial charge in [-0.05, 0) is 19.8 Å². The highest BCUT2D eigenvalue weighted by molar-refractivity contribution is 6.04. The van der Waals surface area contributed by atoms with Crippen LogP contribution in [-0.2, 0) is 19.1 Å². The SMILES string of the molecule is CC(C)COC(=O)C(O)(C(=O)OC(C)C)C(F)(F)F. The van der Waals surface area contributed by atoms with Crippen molar-refractivity contribution in [3.05, 3.63) is 0 Å². The van der Waals surface area contributed by atoms with E-state index in [9.17, 15) is 27.9 Å². The van der Waals surface area contributed by atoms with Crippen molar-refractivity contribution in [2.24, 2.45) is 5.92 Å². The van der Waals surface area contributed by atoms with Crippen LogP contribution in [-0.4, -0.2) is 41.5 Å². The zero-order valence-corrected chi connectivity index (χ0v) is 11.1. The van der Waals surface area contributed by atoms with Crippen LogP contribution < -0.4 is 0 Å². The van der Waals surface area contributed by atoms with Crippen LogP contribution in [0.4, 0.5) is 13.2 Å². The van der Waals surface area contributed by atoms with E-state index in [2.05, 4.69) is 9.47 Å². The van der Waals surface area contributed by atoms with Crippen LogP contribution in [0.2, 0.25) is 0 Å². The lowest BCUT2D eigenvalue weighted by Crippen LogP contribution is -2.60. The lowest BCUT2D eigenvalue weighted by atomic mass is 10.0. The normalized spacial score (nSPS) is 15.3. The van der Waals surface area contributed by atoms with Crippen molar-refractivity contribution in [3.8, 4) is 0 Å². The molecule has 0 saturated heterocycles. The van der Waals surface area contributed by atoms with Gasteiger partial charge in [0, 0.05) is 0 Å². The molecule has 0 heterocycles. The van der Waals surface area contributed by atoms with Gasteiger partial charge in [0.15, 0.2) is 0 Å². The quantitative estimate of drug-likeness (QED) is 0.611. The third-order valence-electron chi connectivity index (χ3n) is 1.89. The van der Waals surface area contributed by atoms with E-state index in [0.717, 1.165) is 0 Å². The predicted octanol–water partition coefficient (Wildman–Crippen LogP) is 1.43. The monoisotopic (exact) mass is 286 g/mol. The summed E-state index contributed by atoms with van der Waals surface area (Å²) in [6, 6.07) is 0. The molecule has 0 rings (SSSR count). The Bertz CT molecular complexity index is 338. The van der Waals surface area contributed by atoms with Crippen LogP contribution in [0.5, 0.6) is 0 Å². The van der Waals surface area contributed by atoms with Gasteiger partial charge in [-0.15, -0.1) is 0 Å². The van der Waals surface area contributed by atoms with Crippen LogP contribution in [0.3, 0.4) is 0 Å². The van der Waals surface area contributed by atoms with Crippen molar-refractivity contribution in [2.75, 3.05) is 6.61 Å². The van der Waals surface area contributed by atoms with Crippen LogP contribution in [0.25, 0.3) is 0 Å². The van der Waals surface area contributed by atoms with Crippen molar-refractivity contribution in [1.82, 2.24) is 0 Å². The first kappa shape index (κ1) is 17.7. The molecule has 1 atom stereocenters. The number of rotatable bonds is 5. The molecule has 0 aliphatic rings. The van der Waals surface area contributed by atoms with Gasteiger partial charge in [0.2, 0.25) is 0 Å². The predicted molar refractivity (Wildman–Crippen MR) is 58.0 cm³/mol. The Hall–Kier alpha value is -1.31. The van der Waals surface area contributed by atoms with Crippen molar-refractivity contribution in [2.45, 2.75) is 45.6 Å². The molecule has 0 bridgehead atoms. The molecular weight excluding hydrogens is 269 g/mol. The van der Waals surface area contributed by atoms with Gasteiger partial charge in [0.25, 0.3) is 0 Å². The molecule has 0 fully saturated rings. The van der Waals surface area contributed by atoms with Crippen molar-refractivity contribution in [3.63, 3.8) is 0 Å². The summed E-state index contributed by atoms with van der Waals surface area (Å²) in [5, 5.41) is 9.37. The first-order valence-corrected chi connectivity index (χ1v) is 5.60. The Morgan fingerprint density at radius 3 is 1.89 bits per heavy atom. The van der Waals surface area contributed by atoms with E-state index >= 15 is 0 Å². The molecular formula is C11H17F3O5. The molecule has 0 amide bonds. The van der Waals surface area contributed by atoms with Gasteiger partial charge in [-0.3, -0.25) is 0 Å². The summed E-state index contributed by atoms with van der Waals surface area (Å²) in [6.45, 7) is 5.40. The molecule has 0 saturated carbocycles. The Kier molecular flexibility index (Phi) is 5.80. The number of alkyl halides is 3. The summed E-state index contributed by atoms with van der Waals surface area (Å²) in [7, 11) is 0. The number of hydrogen-bond donors (Lipinski definition) is 1. The minimum Gasteiger partial charge on any atom is -0.463 e. The molecule has 0 radical (unpaired) electrons. The maximum Gasteiger partial charge on any atom is 0.439 e. The van der Waals surface area contributed by atoms with E-state index in [4.69, 9.17) is 0 Å². The van der Waals surface area contributed by atoms with Gasteiger partial charge in [-0.2, -0.15) is 13.2 Å². The molecule has 19 heavy (non-hydrogen) atoms. The van der Waals surface area contributed by atoms with E-state index < -0.39 is 29.8 Å². The second-order valence-corrected chi connectivity index (χ2v) is 4.65. The molecule has 1 N–H and O–H groups in total. The summed E-state index contributed by atoms with van der Waals surface area (Å²) < 4.78 is 46.7. The van der Waals surface area contributed by atoms with Gasteiger partial charge in [0.1, 0.15) is 0 Å². The molecule has 0 aromatic carbocycles. The first-order valence-electron chi connectivity index (χ1n) is 5.60. The minimum absolute atomic E-state index is 0.248. The van der Waals surface area contributed by atoms with Crippen LogP contribution in [0.15, 0.2) is 0 Å². The van der Waals surface area contributed by atoms with Gasteiger partial charge in [0.05, 0.1) is 12.7 Å². The molecule has 0 aromatic heterocycles. The Labute approximate surface area is 108 Å². The summed E-state index contributed by atoms with van der Waals surface area (Å²) in [6.07, 6.45) is -6.44. The number of carbonyl (C=O) groups is 2. The summed E-state index contributed by atoms with van der Waals surface area (Å²) in [4.78, 5) is 22.7. The highest BCUT2D eigenvalue weighted by Crippen LogP contribution is 2.33. The zero-order chi connectivity index (χ0) is 15.4. The second-order valence-electron chi connectivity index (χ2n) is 4.65. The average Bonchev–Trinajstić information content (AvgIpc) is 2.21. The number of aliphatic hydroxyl groups is 1. The van der Waals surface area contributed by atoms with Gasteiger partial charge < -0.3 is 14.6 Å². The van der Waals surface area contributed by atoms with Crippen molar-refractivity contribution < 1.29 is 37.3 Å². The van der Waals surface area contributed by atoms with Crippen LogP contribution in [0, 0.1) is 5.92 Å². The summed E-state index contributed by atoms with van der Waals surface area (Å²) in [5.74, 6) is -4.43. The average molecular weight is 286 g/mol. The van der Waals surface area contributed by atoms with E-state index in [1.807, 2.05) is 0 Å². The molecule has 0 aromatic rings. The van der Waals surface area contributed by atoms with E-state index in [-0.39, 0.29) is 12.5 Å². The first-order chi connectivity index (χ1) is 8.42. The Morgan fingerprint density at radius 1 is 1.11 bits per heavy atom. The molecule has 1 unspecified atom stereocenters. The molecule has 8 heteroatoms. The van der Waals surface area contributed by atoms with Crippen molar-refractivity contribution >= 4 is 11.9 Å². The van der Waals surface area contributed by atoms with Crippen LogP contribution in [0.1, 0.15) is 27.7 Å². The van der Waals surface area contributed by atoms with Crippen LogP contribution >= 0.6 is 0 Å². The number of ether oxygens (including phenoxy) is 2. The maximum absolute atomic E-state index is 12.7. The highest BCUT2D eigenvalue weighted by atomic mass is 19.4. The van der Waals surface area contributed by atoms with Gasteiger partial charge >= 0.3 is 23.7 Å². The van der Waals surface area contributed by atoms with E-state index in [0.29, 0.717) is 0 Å². The topological polar surface area (TPSA) is 72.8 Å². The molecule has 5 nitrogen and oxygen atoms in total. The van der Waals surface area contributed by atoms with E-state index in [1.165, 1.54) is 13.8 Å². The maximum atomic E-state index is 12.7. The Balaban J connectivity index is 5.19. The fraction of sp³-hybridized carbons (Fsp3) is 0.818. The lowest BCUT2D eigenvalue weighted by molar-refractivity contribution is -0.265. The largest absolute Gasteiger partial charge is 0.463 e. The fourth-order valence-electron chi connectivity index (χ4n) is 0.961. The Morgan fingerprint density at radius 2 is 1.58 bits per heavy atom. The summed E-state index contributed by atoms with van der Waals surface area (Å²) in [5.41, 5.74) is -4.30. The molecule has 0 spiro atoms. The summed E-state index contributed by atoms with van der Waals surface area (Å²) >= 11 is 0. The number of carbonyl (C=O) groups excluding carboxylic acids is 2. The van der Waals surface area contributed by atoms with Crippen molar-refractivity contribution in [1.29, 1.82) is 0 Å². The number of esters is 2. The smallest absolute Gasteiger partial charge is 0.439 e.